The van der Waals surface area contributed by atoms with E-state index in [4.69, 9.17) is 0 Å². The number of rotatable bonds is 7. The standard InChI is InChI=1S/C17H29N5O2/c1-13(23)11-22-9-5-15(6-10-22)12-21(3)14(2)16(24)20-17-18-7-4-8-19-17/h4,7-8,13-15,23H,5-6,9-12H2,1-3H3,(H,18,19,20,24)/t13-,14-/m0/s1. The molecule has 0 spiro atoms. The molecule has 7 nitrogen and oxygen atoms in total. The van der Waals surface area contributed by atoms with Crippen LogP contribution in [0.3, 0.4) is 0 Å². The molecule has 24 heavy (non-hydrogen) atoms. The second-order valence-corrected chi connectivity index (χ2v) is 6.77. The van der Waals surface area contributed by atoms with Crippen LogP contribution in [0.4, 0.5) is 5.95 Å². The van der Waals surface area contributed by atoms with Crippen LogP contribution in [0.15, 0.2) is 18.5 Å². The number of hydrogen-bond acceptors (Lipinski definition) is 6. The van der Waals surface area contributed by atoms with Crippen molar-refractivity contribution in [2.24, 2.45) is 5.92 Å². The molecule has 2 rings (SSSR count). The molecule has 0 radical (unpaired) electrons. The first-order chi connectivity index (χ1) is 11.5. The summed E-state index contributed by atoms with van der Waals surface area (Å²) in [5.41, 5.74) is 0. The summed E-state index contributed by atoms with van der Waals surface area (Å²) >= 11 is 0. The Kier molecular flexibility index (Phi) is 7.08. The molecule has 1 fully saturated rings. The van der Waals surface area contributed by atoms with Gasteiger partial charge in [-0.2, -0.15) is 0 Å². The third-order valence-electron chi connectivity index (χ3n) is 4.62. The highest BCUT2D eigenvalue weighted by Gasteiger charge is 2.25. The zero-order valence-corrected chi connectivity index (χ0v) is 14.9. The maximum Gasteiger partial charge on any atom is 0.243 e. The Morgan fingerprint density at radius 1 is 1.38 bits per heavy atom. The van der Waals surface area contributed by atoms with E-state index in [2.05, 4.69) is 25.1 Å². The van der Waals surface area contributed by atoms with Gasteiger partial charge in [-0.25, -0.2) is 9.97 Å². The number of nitrogens with zero attached hydrogens (tertiary/aromatic N) is 4. The molecule has 1 aromatic heterocycles. The molecule has 1 aliphatic rings. The molecule has 2 heterocycles. The number of piperidine rings is 1. The van der Waals surface area contributed by atoms with Crippen molar-refractivity contribution in [3.63, 3.8) is 0 Å². The molecule has 0 aromatic carbocycles. The smallest absolute Gasteiger partial charge is 0.243 e. The van der Waals surface area contributed by atoms with Crippen LogP contribution in [0.2, 0.25) is 0 Å². The molecule has 1 aliphatic heterocycles. The molecule has 0 unspecified atom stereocenters. The number of hydrogen-bond donors (Lipinski definition) is 2. The van der Waals surface area contributed by atoms with Crippen molar-refractivity contribution in [1.82, 2.24) is 19.8 Å². The van der Waals surface area contributed by atoms with Gasteiger partial charge in [0.05, 0.1) is 12.1 Å². The Morgan fingerprint density at radius 2 is 2.00 bits per heavy atom. The fourth-order valence-electron chi connectivity index (χ4n) is 3.07. The molecular formula is C17H29N5O2. The van der Waals surface area contributed by atoms with Gasteiger partial charge in [0.15, 0.2) is 0 Å². The highest BCUT2D eigenvalue weighted by Crippen LogP contribution is 2.19. The van der Waals surface area contributed by atoms with Crippen molar-refractivity contribution >= 4 is 11.9 Å². The minimum Gasteiger partial charge on any atom is -0.392 e. The van der Waals surface area contributed by atoms with E-state index in [-0.39, 0.29) is 18.1 Å². The van der Waals surface area contributed by atoms with Crippen molar-refractivity contribution in [2.45, 2.75) is 38.8 Å². The quantitative estimate of drug-likeness (QED) is 0.768. The lowest BCUT2D eigenvalue weighted by atomic mass is 9.95. The van der Waals surface area contributed by atoms with Crippen molar-refractivity contribution in [3.05, 3.63) is 18.5 Å². The van der Waals surface area contributed by atoms with Gasteiger partial charge in [0.1, 0.15) is 0 Å². The zero-order chi connectivity index (χ0) is 17.5. The van der Waals surface area contributed by atoms with Gasteiger partial charge in [0.25, 0.3) is 0 Å². The van der Waals surface area contributed by atoms with Crippen LogP contribution in [0.1, 0.15) is 26.7 Å². The number of likely N-dealkylation sites (tertiary alicyclic amines) is 1. The fraction of sp³-hybridized carbons (Fsp3) is 0.706. The first-order valence-corrected chi connectivity index (χ1v) is 8.64. The number of β-amino-alcohol motifs (C(OH)–C–C–N with tert-alkyl or cyclic N) is 1. The van der Waals surface area contributed by atoms with Gasteiger partial charge < -0.3 is 10.0 Å². The van der Waals surface area contributed by atoms with Gasteiger partial charge in [-0.1, -0.05) is 0 Å². The largest absolute Gasteiger partial charge is 0.392 e. The monoisotopic (exact) mass is 335 g/mol. The van der Waals surface area contributed by atoms with Crippen molar-refractivity contribution in [1.29, 1.82) is 0 Å². The molecular weight excluding hydrogens is 306 g/mol. The topological polar surface area (TPSA) is 81.6 Å². The highest BCUT2D eigenvalue weighted by molar-refractivity contribution is 5.92. The summed E-state index contributed by atoms with van der Waals surface area (Å²) in [6, 6.07) is 1.49. The number of carbonyl (C=O) groups is 1. The van der Waals surface area contributed by atoms with Crippen LogP contribution in [0.5, 0.6) is 0 Å². The minimum atomic E-state index is -0.270. The highest BCUT2D eigenvalue weighted by atomic mass is 16.3. The predicted octanol–water partition coefficient (Wildman–Crippen LogP) is 0.828. The number of nitrogens with one attached hydrogen (secondary N) is 1. The summed E-state index contributed by atoms with van der Waals surface area (Å²) in [6.45, 7) is 7.41. The molecule has 1 saturated heterocycles. The number of aliphatic hydroxyl groups excluding tert-OH is 1. The summed E-state index contributed by atoms with van der Waals surface area (Å²) in [6.07, 6.45) is 5.16. The van der Waals surface area contributed by atoms with E-state index in [1.54, 1.807) is 18.5 Å². The SMILES string of the molecule is C[C@H](O)CN1CCC(CN(C)[C@@H](C)C(=O)Nc2ncccn2)CC1. The first-order valence-electron chi connectivity index (χ1n) is 8.64. The maximum atomic E-state index is 12.3. The van der Waals surface area contributed by atoms with E-state index < -0.39 is 0 Å². The van der Waals surface area contributed by atoms with Crippen molar-refractivity contribution in [2.75, 3.05) is 38.5 Å². The molecule has 134 valence electrons. The summed E-state index contributed by atoms with van der Waals surface area (Å²) in [5, 5.41) is 12.2. The second kappa shape index (κ2) is 9.05. The lowest BCUT2D eigenvalue weighted by molar-refractivity contribution is -0.120. The van der Waals surface area contributed by atoms with Gasteiger partial charge >= 0.3 is 0 Å². The first kappa shape index (κ1) is 18.8. The normalized spacial score (nSPS) is 19.2. The number of anilines is 1. The van der Waals surface area contributed by atoms with Gasteiger partial charge in [-0.05, 0) is 58.8 Å². The van der Waals surface area contributed by atoms with E-state index in [9.17, 15) is 9.90 Å². The Morgan fingerprint density at radius 3 is 2.58 bits per heavy atom. The Balaban J connectivity index is 1.75. The summed E-state index contributed by atoms with van der Waals surface area (Å²) in [4.78, 5) is 24.7. The summed E-state index contributed by atoms with van der Waals surface area (Å²) in [7, 11) is 1.98. The number of aliphatic hydroxyl groups is 1. The van der Waals surface area contributed by atoms with Gasteiger partial charge in [0.2, 0.25) is 11.9 Å². The molecule has 0 aliphatic carbocycles. The average molecular weight is 335 g/mol. The summed E-state index contributed by atoms with van der Waals surface area (Å²) in [5.74, 6) is 0.841. The number of amides is 1. The molecule has 1 aromatic rings. The Bertz CT molecular complexity index is 503. The third-order valence-corrected chi connectivity index (χ3v) is 4.62. The fourth-order valence-corrected chi connectivity index (χ4v) is 3.07. The van der Waals surface area contributed by atoms with Gasteiger partial charge in [0, 0.05) is 25.5 Å². The predicted molar refractivity (Wildman–Crippen MR) is 93.6 cm³/mol. The van der Waals surface area contributed by atoms with Crippen LogP contribution in [-0.4, -0.2) is 76.2 Å². The number of likely N-dealkylation sites (N-methyl/N-ethyl adjacent to an activating group) is 1. The van der Waals surface area contributed by atoms with Crippen molar-refractivity contribution in [3.8, 4) is 0 Å². The number of carbonyl (C=O) groups excluding carboxylic acids is 1. The molecule has 2 atom stereocenters. The average Bonchev–Trinajstić information content (AvgIpc) is 2.56. The van der Waals surface area contributed by atoms with Crippen LogP contribution in [0, 0.1) is 5.92 Å². The third kappa shape index (κ3) is 5.81. The van der Waals surface area contributed by atoms with Crippen LogP contribution in [0.25, 0.3) is 0 Å². The van der Waals surface area contributed by atoms with E-state index in [1.165, 1.54) is 0 Å². The van der Waals surface area contributed by atoms with Gasteiger partial charge in [-0.15, -0.1) is 0 Å². The minimum absolute atomic E-state index is 0.0877. The second-order valence-electron chi connectivity index (χ2n) is 6.77. The lowest BCUT2D eigenvalue weighted by Crippen LogP contribution is -2.45. The summed E-state index contributed by atoms with van der Waals surface area (Å²) < 4.78 is 0. The van der Waals surface area contributed by atoms with Crippen LogP contribution >= 0.6 is 0 Å². The number of aromatic nitrogens is 2. The lowest BCUT2D eigenvalue weighted by Gasteiger charge is -2.35. The van der Waals surface area contributed by atoms with E-state index >= 15 is 0 Å². The Hall–Kier alpha value is -1.57. The molecule has 2 N–H and O–H groups in total. The van der Waals surface area contributed by atoms with Crippen molar-refractivity contribution < 1.29 is 9.90 Å². The van der Waals surface area contributed by atoms with Gasteiger partial charge in [-0.3, -0.25) is 15.0 Å². The van der Waals surface area contributed by atoms with E-state index in [0.29, 0.717) is 11.9 Å². The molecule has 1 amide bonds. The Labute approximate surface area is 144 Å². The zero-order valence-electron chi connectivity index (χ0n) is 14.9. The molecule has 0 bridgehead atoms. The van der Waals surface area contributed by atoms with E-state index in [0.717, 1.165) is 39.0 Å². The molecule has 0 saturated carbocycles. The van der Waals surface area contributed by atoms with E-state index in [1.807, 2.05) is 20.9 Å². The molecule has 7 heteroatoms. The van der Waals surface area contributed by atoms with Crippen LogP contribution < -0.4 is 5.32 Å². The van der Waals surface area contributed by atoms with Crippen LogP contribution in [-0.2, 0) is 4.79 Å². The maximum absolute atomic E-state index is 12.3.